The van der Waals surface area contributed by atoms with Gasteiger partial charge in [0, 0.05) is 24.8 Å². The molecule has 1 aromatic carbocycles. The standard InChI is InChI=1S/C14H22N2O4S/c1-4-16(10-9-14(17)18)12-5-7-13(8-6-12)21(19,20)15-11(2)3/h5-8,11,15H,4,9-10H2,1-3H3,(H,17,18). The predicted octanol–water partition coefficient (Wildman–Crippen LogP) is 1.67. The van der Waals surface area contributed by atoms with Crippen molar-refractivity contribution in [3.8, 4) is 0 Å². The number of carboxylic acid groups (broad SMARTS) is 1. The molecular formula is C14H22N2O4S. The summed E-state index contributed by atoms with van der Waals surface area (Å²) in [5, 5.41) is 8.73. The molecule has 0 aliphatic rings. The van der Waals surface area contributed by atoms with Gasteiger partial charge in [-0.05, 0) is 45.0 Å². The highest BCUT2D eigenvalue weighted by Crippen LogP contribution is 2.18. The van der Waals surface area contributed by atoms with Gasteiger partial charge in [0.05, 0.1) is 11.3 Å². The van der Waals surface area contributed by atoms with Crippen LogP contribution in [0.2, 0.25) is 0 Å². The predicted molar refractivity (Wildman–Crippen MR) is 82.0 cm³/mol. The van der Waals surface area contributed by atoms with E-state index in [4.69, 9.17) is 5.11 Å². The van der Waals surface area contributed by atoms with Crippen molar-refractivity contribution in [2.24, 2.45) is 0 Å². The summed E-state index contributed by atoms with van der Waals surface area (Å²) in [6.07, 6.45) is 0.0444. The number of benzene rings is 1. The van der Waals surface area contributed by atoms with Gasteiger partial charge in [-0.3, -0.25) is 4.79 Å². The van der Waals surface area contributed by atoms with Gasteiger partial charge in [-0.2, -0.15) is 0 Å². The molecule has 2 N–H and O–H groups in total. The van der Waals surface area contributed by atoms with Gasteiger partial charge in [0.25, 0.3) is 0 Å². The molecule has 0 atom stereocenters. The molecule has 0 unspecified atom stereocenters. The smallest absolute Gasteiger partial charge is 0.305 e. The Morgan fingerprint density at radius 2 is 1.86 bits per heavy atom. The summed E-state index contributed by atoms with van der Waals surface area (Å²) in [6, 6.07) is 6.28. The normalized spacial score (nSPS) is 11.6. The van der Waals surface area contributed by atoms with Crippen LogP contribution in [0.15, 0.2) is 29.2 Å². The molecular weight excluding hydrogens is 292 g/mol. The van der Waals surface area contributed by atoms with Crippen molar-refractivity contribution in [2.75, 3.05) is 18.0 Å². The number of hydrogen-bond donors (Lipinski definition) is 2. The van der Waals surface area contributed by atoms with E-state index in [0.29, 0.717) is 13.1 Å². The molecule has 7 heteroatoms. The second-order valence-electron chi connectivity index (χ2n) is 4.99. The zero-order valence-corrected chi connectivity index (χ0v) is 13.4. The van der Waals surface area contributed by atoms with Crippen LogP contribution < -0.4 is 9.62 Å². The molecule has 0 radical (unpaired) electrons. The summed E-state index contributed by atoms with van der Waals surface area (Å²) in [5.74, 6) is -0.853. The maximum Gasteiger partial charge on any atom is 0.305 e. The molecule has 0 bridgehead atoms. The van der Waals surface area contributed by atoms with Crippen LogP contribution in [0.4, 0.5) is 5.69 Å². The fourth-order valence-corrected chi connectivity index (χ4v) is 3.17. The van der Waals surface area contributed by atoms with Crippen LogP contribution >= 0.6 is 0 Å². The molecule has 1 rings (SSSR count). The van der Waals surface area contributed by atoms with Crippen molar-refractivity contribution in [1.29, 1.82) is 0 Å². The molecule has 118 valence electrons. The van der Waals surface area contributed by atoms with Crippen molar-refractivity contribution >= 4 is 21.7 Å². The lowest BCUT2D eigenvalue weighted by molar-refractivity contribution is -0.136. The lowest BCUT2D eigenvalue weighted by Crippen LogP contribution is -2.30. The van der Waals surface area contributed by atoms with Crippen LogP contribution in [0.3, 0.4) is 0 Å². The summed E-state index contributed by atoms with van der Waals surface area (Å²) < 4.78 is 26.5. The van der Waals surface area contributed by atoms with Crippen LogP contribution in [0.5, 0.6) is 0 Å². The van der Waals surface area contributed by atoms with Crippen LogP contribution in [-0.4, -0.2) is 38.6 Å². The number of carboxylic acids is 1. The molecule has 6 nitrogen and oxygen atoms in total. The third-order valence-electron chi connectivity index (χ3n) is 2.88. The zero-order valence-electron chi connectivity index (χ0n) is 12.5. The molecule has 0 aliphatic carbocycles. The number of anilines is 1. The summed E-state index contributed by atoms with van der Waals surface area (Å²) >= 11 is 0. The number of carbonyl (C=O) groups is 1. The Bertz CT molecular complexity index is 567. The molecule has 0 saturated carbocycles. The quantitative estimate of drug-likeness (QED) is 0.762. The first-order chi connectivity index (χ1) is 9.76. The van der Waals surface area contributed by atoms with E-state index in [1.165, 1.54) is 12.1 Å². The van der Waals surface area contributed by atoms with E-state index in [-0.39, 0.29) is 17.4 Å². The summed E-state index contributed by atoms with van der Waals surface area (Å²) in [4.78, 5) is 12.7. The molecule has 0 heterocycles. The van der Waals surface area contributed by atoms with Crippen LogP contribution in [0, 0.1) is 0 Å². The number of sulfonamides is 1. The van der Waals surface area contributed by atoms with E-state index in [2.05, 4.69) is 4.72 Å². The Morgan fingerprint density at radius 3 is 2.29 bits per heavy atom. The monoisotopic (exact) mass is 314 g/mol. The van der Waals surface area contributed by atoms with Gasteiger partial charge in [0.15, 0.2) is 0 Å². The number of nitrogens with one attached hydrogen (secondary N) is 1. The molecule has 0 aromatic heterocycles. The van der Waals surface area contributed by atoms with Crippen molar-refractivity contribution in [3.63, 3.8) is 0 Å². The van der Waals surface area contributed by atoms with E-state index in [1.54, 1.807) is 26.0 Å². The first-order valence-corrected chi connectivity index (χ1v) is 8.33. The highest BCUT2D eigenvalue weighted by Gasteiger charge is 2.15. The minimum atomic E-state index is -3.50. The van der Waals surface area contributed by atoms with Gasteiger partial charge in [0.1, 0.15) is 0 Å². The number of aliphatic carboxylic acids is 1. The molecule has 0 fully saturated rings. The number of nitrogens with zero attached hydrogens (tertiary/aromatic N) is 1. The molecule has 0 saturated heterocycles. The van der Waals surface area contributed by atoms with Gasteiger partial charge in [-0.15, -0.1) is 0 Å². The Kier molecular flexibility index (Phi) is 6.17. The highest BCUT2D eigenvalue weighted by atomic mass is 32.2. The van der Waals surface area contributed by atoms with E-state index >= 15 is 0 Å². The minimum absolute atomic E-state index is 0.0444. The topological polar surface area (TPSA) is 86.7 Å². The van der Waals surface area contributed by atoms with Gasteiger partial charge >= 0.3 is 5.97 Å². The fourth-order valence-electron chi connectivity index (χ4n) is 1.91. The van der Waals surface area contributed by atoms with Crippen LogP contribution in [-0.2, 0) is 14.8 Å². The maximum absolute atomic E-state index is 12.0. The largest absolute Gasteiger partial charge is 0.481 e. The van der Waals surface area contributed by atoms with Crippen LogP contribution in [0.25, 0.3) is 0 Å². The third kappa shape index (κ3) is 5.35. The molecule has 0 aliphatic heterocycles. The Labute approximate surface area is 125 Å². The van der Waals surface area contributed by atoms with Crippen LogP contribution in [0.1, 0.15) is 27.2 Å². The van der Waals surface area contributed by atoms with Crippen molar-refractivity contribution in [3.05, 3.63) is 24.3 Å². The summed E-state index contributed by atoms with van der Waals surface area (Å²) in [5.41, 5.74) is 0.808. The van der Waals surface area contributed by atoms with Gasteiger partial charge in [-0.1, -0.05) is 0 Å². The zero-order chi connectivity index (χ0) is 16.0. The third-order valence-corrected chi connectivity index (χ3v) is 4.55. The number of hydrogen-bond acceptors (Lipinski definition) is 4. The van der Waals surface area contributed by atoms with E-state index in [1.807, 2.05) is 11.8 Å². The van der Waals surface area contributed by atoms with Gasteiger partial charge < -0.3 is 10.0 Å². The van der Waals surface area contributed by atoms with Gasteiger partial charge in [0.2, 0.25) is 10.0 Å². The first kappa shape index (κ1) is 17.5. The molecule has 0 amide bonds. The van der Waals surface area contributed by atoms with Crippen molar-refractivity contribution in [1.82, 2.24) is 4.72 Å². The van der Waals surface area contributed by atoms with Crippen molar-refractivity contribution < 1.29 is 18.3 Å². The second-order valence-corrected chi connectivity index (χ2v) is 6.71. The number of rotatable bonds is 8. The maximum atomic E-state index is 12.0. The molecule has 1 aromatic rings. The Hall–Kier alpha value is -1.60. The second kappa shape index (κ2) is 7.42. The van der Waals surface area contributed by atoms with E-state index in [0.717, 1.165) is 5.69 Å². The average Bonchev–Trinajstić information content (AvgIpc) is 2.38. The van der Waals surface area contributed by atoms with Gasteiger partial charge in [-0.25, -0.2) is 13.1 Å². The summed E-state index contributed by atoms with van der Waals surface area (Å²) in [7, 11) is -3.50. The van der Waals surface area contributed by atoms with E-state index < -0.39 is 16.0 Å². The average molecular weight is 314 g/mol. The van der Waals surface area contributed by atoms with E-state index in [9.17, 15) is 13.2 Å². The van der Waals surface area contributed by atoms with Crippen molar-refractivity contribution in [2.45, 2.75) is 38.1 Å². The first-order valence-electron chi connectivity index (χ1n) is 6.85. The molecule has 21 heavy (non-hydrogen) atoms. The Morgan fingerprint density at radius 1 is 1.29 bits per heavy atom. The molecule has 0 spiro atoms. The lowest BCUT2D eigenvalue weighted by atomic mass is 10.2. The lowest BCUT2D eigenvalue weighted by Gasteiger charge is -2.22. The fraction of sp³-hybridized carbons (Fsp3) is 0.500. The Balaban J connectivity index is 2.88. The highest BCUT2D eigenvalue weighted by molar-refractivity contribution is 7.89. The SMILES string of the molecule is CCN(CCC(=O)O)c1ccc(S(=O)(=O)NC(C)C)cc1. The minimum Gasteiger partial charge on any atom is -0.481 e. The summed E-state index contributed by atoms with van der Waals surface area (Å²) in [6.45, 7) is 6.49.